The molecule has 0 aliphatic carbocycles. The summed E-state index contributed by atoms with van der Waals surface area (Å²) < 4.78 is 1.60. The van der Waals surface area contributed by atoms with Crippen LogP contribution < -0.4 is 5.32 Å². The molecule has 96 valence electrons. The maximum absolute atomic E-state index is 12.1. The van der Waals surface area contributed by atoms with E-state index in [1.54, 1.807) is 24.1 Å². The number of carbonyl (C=O) groups is 1. The van der Waals surface area contributed by atoms with Gasteiger partial charge in [0.25, 0.3) is 5.91 Å². The summed E-state index contributed by atoms with van der Waals surface area (Å²) in [6, 6.07) is 7.56. The summed E-state index contributed by atoms with van der Waals surface area (Å²) in [4.78, 5) is 19.3. The molecule has 3 rings (SSSR count). The van der Waals surface area contributed by atoms with Crippen LogP contribution in [0.5, 0.6) is 0 Å². The fourth-order valence-electron chi connectivity index (χ4n) is 1.99. The lowest BCUT2D eigenvalue weighted by Gasteiger charge is -2.04. The third kappa shape index (κ3) is 2.20. The zero-order valence-electron chi connectivity index (χ0n) is 10.4. The molecular weight excluding hydrogens is 242 g/mol. The lowest BCUT2D eigenvalue weighted by Crippen LogP contribution is -2.23. The van der Waals surface area contributed by atoms with Gasteiger partial charge in [0.05, 0.1) is 17.6 Å². The first-order chi connectivity index (χ1) is 9.24. The van der Waals surface area contributed by atoms with Crippen LogP contribution in [-0.4, -0.2) is 25.7 Å². The van der Waals surface area contributed by atoms with E-state index in [2.05, 4.69) is 20.4 Å². The Kier molecular flexibility index (Phi) is 2.75. The Bertz CT molecular complexity index is 727. The van der Waals surface area contributed by atoms with E-state index >= 15 is 0 Å². The number of aryl methyl sites for hydroxylation is 1. The molecular formula is C13H13N5O. The number of para-hydroxylation sites is 1. The molecule has 0 bridgehead atoms. The lowest BCUT2D eigenvalue weighted by atomic mass is 10.1. The molecule has 0 spiro atoms. The van der Waals surface area contributed by atoms with Gasteiger partial charge in [-0.2, -0.15) is 5.10 Å². The van der Waals surface area contributed by atoms with Gasteiger partial charge in [0.1, 0.15) is 6.33 Å². The molecule has 6 nitrogen and oxygen atoms in total. The van der Waals surface area contributed by atoms with E-state index in [0.29, 0.717) is 17.9 Å². The molecule has 1 aromatic carbocycles. The number of amides is 1. The first-order valence-electron chi connectivity index (χ1n) is 5.93. The van der Waals surface area contributed by atoms with E-state index in [-0.39, 0.29) is 5.91 Å². The van der Waals surface area contributed by atoms with Gasteiger partial charge in [-0.05, 0) is 12.1 Å². The van der Waals surface area contributed by atoms with Crippen LogP contribution in [0.2, 0.25) is 0 Å². The number of hydrogen-bond acceptors (Lipinski definition) is 3. The second-order valence-corrected chi connectivity index (χ2v) is 4.26. The van der Waals surface area contributed by atoms with Crippen molar-refractivity contribution in [2.24, 2.45) is 7.05 Å². The number of rotatable bonds is 3. The van der Waals surface area contributed by atoms with Crippen molar-refractivity contribution in [1.82, 2.24) is 25.1 Å². The van der Waals surface area contributed by atoms with Crippen LogP contribution in [-0.2, 0) is 13.6 Å². The topological polar surface area (TPSA) is 75.6 Å². The van der Waals surface area contributed by atoms with Crippen LogP contribution in [0.15, 0.2) is 36.8 Å². The SMILES string of the molecule is Cn1cnc(CNC(=O)c2cccc3cc[nH]c23)n1. The van der Waals surface area contributed by atoms with E-state index in [4.69, 9.17) is 0 Å². The highest BCUT2D eigenvalue weighted by Crippen LogP contribution is 2.16. The molecule has 0 aliphatic rings. The highest BCUT2D eigenvalue weighted by Gasteiger charge is 2.11. The van der Waals surface area contributed by atoms with Crippen molar-refractivity contribution in [2.75, 3.05) is 0 Å². The smallest absolute Gasteiger partial charge is 0.253 e. The molecule has 0 radical (unpaired) electrons. The largest absolute Gasteiger partial charge is 0.361 e. The minimum Gasteiger partial charge on any atom is -0.361 e. The molecule has 0 atom stereocenters. The molecule has 6 heteroatoms. The Balaban J connectivity index is 1.78. The Hall–Kier alpha value is -2.63. The number of nitrogens with zero attached hydrogens (tertiary/aromatic N) is 3. The van der Waals surface area contributed by atoms with Crippen LogP contribution >= 0.6 is 0 Å². The number of benzene rings is 1. The summed E-state index contributed by atoms with van der Waals surface area (Å²) in [6.07, 6.45) is 3.43. The van der Waals surface area contributed by atoms with Crippen molar-refractivity contribution in [3.8, 4) is 0 Å². The minimum atomic E-state index is -0.138. The molecule has 2 heterocycles. The van der Waals surface area contributed by atoms with Gasteiger partial charge in [0, 0.05) is 18.6 Å². The summed E-state index contributed by atoms with van der Waals surface area (Å²) >= 11 is 0. The zero-order valence-corrected chi connectivity index (χ0v) is 10.4. The van der Waals surface area contributed by atoms with E-state index in [0.717, 1.165) is 10.9 Å². The molecule has 0 unspecified atom stereocenters. The van der Waals surface area contributed by atoms with Crippen molar-refractivity contribution < 1.29 is 4.79 Å². The quantitative estimate of drug-likeness (QED) is 0.739. The van der Waals surface area contributed by atoms with E-state index < -0.39 is 0 Å². The van der Waals surface area contributed by atoms with Crippen LogP contribution in [0.1, 0.15) is 16.2 Å². The maximum atomic E-state index is 12.1. The summed E-state index contributed by atoms with van der Waals surface area (Å²) in [7, 11) is 1.79. The van der Waals surface area contributed by atoms with Gasteiger partial charge >= 0.3 is 0 Å². The molecule has 3 aromatic rings. The number of aromatic amines is 1. The first-order valence-corrected chi connectivity index (χ1v) is 5.93. The van der Waals surface area contributed by atoms with Crippen molar-refractivity contribution >= 4 is 16.8 Å². The van der Waals surface area contributed by atoms with E-state index in [1.807, 2.05) is 24.4 Å². The van der Waals surface area contributed by atoms with Gasteiger partial charge in [-0.15, -0.1) is 0 Å². The summed E-state index contributed by atoms with van der Waals surface area (Å²) in [5.41, 5.74) is 1.47. The van der Waals surface area contributed by atoms with Crippen molar-refractivity contribution in [3.05, 3.63) is 48.2 Å². The molecule has 1 amide bonds. The highest BCUT2D eigenvalue weighted by atomic mass is 16.1. The lowest BCUT2D eigenvalue weighted by molar-refractivity contribution is 0.0951. The molecule has 2 N–H and O–H groups in total. The standard InChI is InChI=1S/C13H13N5O/c1-18-8-16-11(17-18)7-15-13(19)10-4-2-3-9-5-6-14-12(9)10/h2-6,8,14H,7H2,1H3,(H,15,19). The average molecular weight is 255 g/mol. The highest BCUT2D eigenvalue weighted by molar-refractivity contribution is 6.05. The third-order valence-corrected chi connectivity index (χ3v) is 2.89. The van der Waals surface area contributed by atoms with Crippen LogP contribution in [0.3, 0.4) is 0 Å². The Labute approximate surface area is 109 Å². The van der Waals surface area contributed by atoms with E-state index in [1.165, 1.54) is 0 Å². The monoisotopic (exact) mass is 255 g/mol. The number of hydrogen-bond donors (Lipinski definition) is 2. The fourth-order valence-corrected chi connectivity index (χ4v) is 1.99. The molecule has 0 saturated carbocycles. The summed E-state index contributed by atoms with van der Waals surface area (Å²) in [5.74, 6) is 0.454. The molecule has 0 fully saturated rings. The summed E-state index contributed by atoms with van der Waals surface area (Å²) in [5, 5.41) is 7.94. The Morgan fingerprint density at radius 1 is 1.42 bits per heavy atom. The number of fused-ring (bicyclic) bond motifs is 1. The number of H-pyrrole nitrogens is 1. The summed E-state index contributed by atoms with van der Waals surface area (Å²) in [6.45, 7) is 0.316. The minimum absolute atomic E-state index is 0.138. The normalized spacial score (nSPS) is 10.8. The zero-order chi connectivity index (χ0) is 13.2. The van der Waals surface area contributed by atoms with Gasteiger partial charge in [-0.25, -0.2) is 4.98 Å². The Morgan fingerprint density at radius 3 is 3.11 bits per heavy atom. The van der Waals surface area contributed by atoms with Gasteiger partial charge < -0.3 is 10.3 Å². The van der Waals surface area contributed by atoms with Crippen LogP contribution in [0.25, 0.3) is 10.9 Å². The second-order valence-electron chi connectivity index (χ2n) is 4.26. The van der Waals surface area contributed by atoms with Crippen LogP contribution in [0, 0.1) is 0 Å². The van der Waals surface area contributed by atoms with Gasteiger partial charge in [-0.3, -0.25) is 9.48 Å². The molecule has 19 heavy (non-hydrogen) atoms. The van der Waals surface area contributed by atoms with Crippen LogP contribution in [0.4, 0.5) is 0 Å². The second kappa shape index (κ2) is 4.56. The predicted molar refractivity (Wildman–Crippen MR) is 70.5 cm³/mol. The third-order valence-electron chi connectivity index (χ3n) is 2.89. The van der Waals surface area contributed by atoms with Gasteiger partial charge in [0.2, 0.25) is 0 Å². The predicted octanol–water partition coefficient (Wildman–Crippen LogP) is 1.23. The number of nitrogens with one attached hydrogen (secondary N) is 2. The average Bonchev–Trinajstić information content (AvgIpc) is 3.03. The van der Waals surface area contributed by atoms with Gasteiger partial charge in [0.15, 0.2) is 5.82 Å². The van der Waals surface area contributed by atoms with Gasteiger partial charge in [-0.1, -0.05) is 12.1 Å². The molecule has 0 saturated heterocycles. The van der Waals surface area contributed by atoms with Crippen molar-refractivity contribution in [1.29, 1.82) is 0 Å². The fraction of sp³-hybridized carbons (Fsp3) is 0.154. The maximum Gasteiger partial charge on any atom is 0.253 e. The number of carbonyl (C=O) groups excluding carboxylic acids is 1. The number of aromatic nitrogens is 4. The first kappa shape index (κ1) is 11.5. The molecule has 2 aromatic heterocycles. The van der Waals surface area contributed by atoms with Crippen molar-refractivity contribution in [2.45, 2.75) is 6.54 Å². The molecule has 0 aliphatic heterocycles. The van der Waals surface area contributed by atoms with Crippen molar-refractivity contribution in [3.63, 3.8) is 0 Å². The van der Waals surface area contributed by atoms with E-state index in [9.17, 15) is 4.79 Å². The Morgan fingerprint density at radius 2 is 2.32 bits per heavy atom.